The van der Waals surface area contributed by atoms with Crippen molar-refractivity contribution >= 4 is 16.8 Å². The molecule has 4 rings (SSSR count). The van der Waals surface area contributed by atoms with E-state index in [-0.39, 0.29) is 11.5 Å². The number of amides is 1. The summed E-state index contributed by atoms with van der Waals surface area (Å²) in [4.78, 5) is 32.2. The molecule has 1 saturated heterocycles. The van der Waals surface area contributed by atoms with Crippen molar-refractivity contribution < 1.29 is 4.79 Å². The van der Waals surface area contributed by atoms with E-state index in [1.54, 1.807) is 22.8 Å². The van der Waals surface area contributed by atoms with E-state index in [9.17, 15) is 9.59 Å². The van der Waals surface area contributed by atoms with Crippen molar-refractivity contribution in [2.24, 2.45) is 11.8 Å². The number of likely N-dealkylation sites (tertiary alicyclic amines) is 1. The maximum Gasteiger partial charge on any atom is 0.261 e. The molecule has 2 atom stereocenters. The first-order valence-electron chi connectivity index (χ1n) is 9.35. The Kier molecular flexibility index (Phi) is 4.10. The quantitative estimate of drug-likeness (QED) is 0.803. The van der Waals surface area contributed by atoms with Crippen LogP contribution in [0, 0.1) is 11.8 Å². The summed E-state index contributed by atoms with van der Waals surface area (Å²) in [6, 6.07) is 5.36. The summed E-state index contributed by atoms with van der Waals surface area (Å²) in [5.41, 5.74) is 1.32. The number of piperidine rings is 1. The minimum absolute atomic E-state index is 0.0268. The van der Waals surface area contributed by atoms with E-state index in [4.69, 9.17) is 0 Å². The van der Waals surface area contributed by atoms with Crippen molar-refractivity contribution in [1.82, 2.24) is 14.5 Å². The lowest BCUT2D eigenvalue weighted by atomic mass is 9.91. The summed E-state index contributed by atoms with van der Waals surface area (Å²) in [6.07, 6.45) is 4.11. The number of hydrogen-bond donors (Lipinski definition) is 0. The first-order chi connectivity index (χ1) is 12.0. The van der Waals surface area contributed by atoms with Crippen LogP contribution in [0.3, 0.4) is 0 Å². The molecule has 0 bridgehead atoms. The summed E-state index contributed by atoms with van der Waals surface area (Å²) in [7, 11) is 0. The van der Waals surface area contributed by atoms with Gasteiger partial charge in [0.15, 0.2) is 0 Å². The average Bonchev–Trinajstić information content (AvgIpc) is 2.60. The van der Waals surface area contributed by atoms with Crippen molar-refractivity contribution in [3.63, 3.8) is 0 Å². The Morgan fingerprint density at radius 2 is 1.92 bits per heavy atom. The lowest BCUT2D eigenvalue weighted by Crippen LogP contribution is -2.42. The molecule has 1 aromatic heterocycles. The van der Waals surface area contributed by atoms with E-state index in [1.165, 1.54) is 6.42 Å². The predicted molar refractivity (Wildman–Crippen MR) is 97.8 cm³/mol. The number of carbonyl (C=O) groups excluding carboxylic acids is 1. The number of hydrogen-bond acceptors (Lipinski definition) is 3. The zero-order valence-corrected chi connectivity index (χ0v) is 15.0. The number of carbonyl (C=O) groups is 1. The molecule has 1 amide bonds. The molecule has 5 nitrogen and oxygen atoms in total. The number of benzene rings is 1. The predicted octanol–water partition coefficient (Wildman–Crippen LogP) is 2.85. The third-order valence-electron chi connectivity index (χ3n) is 5.47. The maximum atomic E-state index is 12.9. The van der Waals surface area contributed by atoms with Gasteiger partial charge in [-0.1, -0.05) is 13.8 Å². The maximum absolute atomic E-state index is 12.9. The first-order valence-corrected chi connectivity index (χ1v) is 9.35. The van der Waals surface area contributed by atoms with Crippen LogP contribution in [-0.2, 0) is 13.0 Å². The Hall–Kier alpha value is -2.17. The number of rotatable bonds is 1. The molecule has 0 aliphatic carbocycles. The van der Waals surface area contributed by atoms with Crippen molar-refractivity contribution in [2.75, 3.05) is 13.1 Å². The fourth-order valence-electron chi connectivity index (χ4n) is 4.39. The fourth-order valence-corrected chi connectivity index (χ4v) is 4.39. The second-order valence-electron chi connectivity index (χ2n) is 7.83. The van der Waals surface area contributed by atoms with Gasteiger partial charge in [-0.3, -0.25) is 14.2 Å². The molecule has 132 valence electrons. The summed E-state index contributed by atoms with van der Waals surface area (Å²) in [5, 5.41) is 0.614. The second kappa shape index (κ2) is 6.28. The summed E-state index contributed by atoms with van der Waals surface area (Å²) >= 11 is 0. The highest BCUT2D eigenvalue weighted by molar-refractivity contribution is 5.97. The highest BCUT2D eigenvalue weighted by atomic mass is 16.2. The Bertz CT molecular complexity index is 876. The number of aryl methyl sites for hydroxylation is 1. The van der Waals surface area contributed by atoms with E-state index >= 15 is 0 Å². The lowest BCUT2D eigenvalue weighted by Gasteiger charge is -2.35. The molecule has 5 heteroatoms. The molecule has 0 unspecified atom stereocenters. The monoisotopic (exact) mass is 339 g/mol. The number of nitrogens with zero attached hydrogens (tertiary/aromatic N) is 3. The summed E-state index contributed by atoms with van der Waals surface area (Å²) < 4.78 is 1.79. The van der Waals surface area contributed by atoms with E-state index in [1.807, 2.05) is 4.90 Å². The topological polar surface area (TPSA) is 55.2 Å². The standard InChI is InChI=1S/C20H25N3O2/c1-13-9-14(2)12-22(11-13)19(24)15-6-7-16-17(10-15)21-18-5-3-4-8-23(18)20(16)25/h6-7,10,13-14H,3-5,8-9,11-12H2,1-2H3/t13-,14-/m0/s1. The van der Waals surface area contributed by atoms with Crippen molar-refractivity contribution in [1.29, 1.82) is 0 Å². The van der Waals surface area contributed by atoms with Gasteiger partial charge in [0, 0.05) is 31.6 Å². The molecule has 0 saturated carbocycles. The van der Waals surface area contributed by atoms with Crippen molar-refractivity contribution in [3.8, 4) is 0 Å². The largest absolute Gasteiger partial charge is 0.338 e. The van der Waals surface area contributed by atoms with Gasteiger partial charge < -0.3 is 4.90 Å². The first kappa shape index (κ1) is 16.3. The third-order valence-corrected chi connectivity index (χ3v) is 5.47. The zero-order valence-electron chi connectivity index (χ0n) is 15.0. The van der Waals surface area contributed by atoms with Crippen LogP contribution in [0.4, 0.5) is 0 Å². The number of fused-ring (bicyclic) bond motifs is 2. The molecule has 25 heavy (non-hydrogen) atoms. The highest BCUT2D eigenvalue weighted by Crippen LogP contribution is 2.23. The SMILES string of the molecule is C[C@H]1C[C@H](C)CN(C(=O)c2ccc3c(=O)n4c(nc3c2)CCCC4)C1. The van der Waals surface area contributed by atoms with E-state index in [0.717, 1.165) is 44.7 Å². The van der Waals surface area contributed by atoms with Crippen LogP contribution in [0.1, 0.15) is 49.3 Å². The van der Waals surface area contributed by atoms with Gasteiger partial charge in [-0.2, -0.15) is 0 Å². The Morgan fingerprint density at radius 3 is 2.68 bits per heavy atom. The van der Waals surface area contributed by atoms with Gasteiger partial charge >= 0.3 is 0 Å². The molecule has 0 radical (unpaired) electrons. The van der Waals surface area contributed by atoms with Crippen molar-refractivity contribution in [3.05, 3.63) is 39.9 Å². The van der Waals surface area contributed by atoms with Gasteiger partial charge in [0.05, 0.1) is 10.9 Å². The van der Waals surface area contributed by atoms with Crippen molar-refractivity contribution in [2.45, 2.75) is 46.1 Å². The molecule has 0 N–H and O–H groups in total. The van der Waals surface area contributed by atoms with Gasteiger partial charge in [0.2, 0.25) is 0 Å². The van der Waals surface area contributed by atoms with Crippen LogP contribution in [0.5, 0.6) is 0 Å². The molecule has 3 heterocycles. The molecule has 2 aliphatic rings. The van der Waals surface area contributed by atoms with Gasteiger partial charge in [-0.05, 0) is 49.3 Å². The molecule has 2 aromatic rings. The van der Waals surface area contributed by atoms with Gasteiger partial charge in [-0.25, -0.2) is 4.98 Å². The van der Waals surface area contributed by atoms with Crippen LogP contribution < -0.4 is 5.56 Å². The minimum Gasteiger partial charge on any atom is -0.338 e. The van der Waals surface area contributed by atoms with Crippen LogP contribution in [0.2, 0.25) is 0 Å². The van der Waals surface area contributed by atoms with Crippen LogP contribution in [0.15, 0.2) is 23.0 Å². The van der Waals surface area contributed by atoms with E-state index in [2.05, 4.69) is 18.8 Å². The lowest BCUT2D eigenvalue weighted by molar-refractivity contribution is 0.0623. The fraction of sp³-hybridized carbons (Fsp3) is 0.550. The second-order valence-corrected chi connectivity index (χ2v) is 7.83. The van der Waals surface area contributed by atoms with Gasteiger partial charge in [0.1, 0.15) is 5.82 Å². The third kappa shape index (κ3) is 2.96. The summed E-state index contributed by atoms with van der Waals surface area (Å²) in [6.45, 7) is 6.76. The number of aromatic nitrogens is 2. The van der Waals surface area contributed by atoms with Crippen LogP contribution in [-0.4, -0.2) is 33.4 Å². The van der Waals surface area contributed by atoms with Gasteiger partial charge in [-0.15, -0.1) is 0 Å². The summed E-state index contributed by atoms with van der Waals surface area (Å²) in [5.74, 6) is 1.97. The Labute approximate surface area is 147 Å². The van der Waals surface area contributed by atoms with E-state index in [0.29, 0.717) is 28.3 Å². The zero-order chi connectivity index (χ0) is 17.6. The highest BCUT2D eigenvalue weighted by Gasteiger charge is 2.26. The van der Waals surface area contributed by atoms with E-state index < -0.39 is 0 Å². The molecular formula is C20H25N3O2. The van der Waals surface area contributed by atoms with Gasteiger partial charge in [0.25, 0.3) is 11.5 Å². The minimum atomic E-state index is 0.0268. The normalized spacial score (nSPS) is 23.5. The molecular weight excluding hydrogens is 314 g/mol. The van der Waals surface area contributed by atoms with Crippen LogP contribution >= 0.6 is 0 Å². The molecule has 1 aromatic carbocycles. The molecule has 1 fully saturated rings. The molecule has 0 spiro atoms. The smallest absolute Gasteiger partial charge is 0.261 e. The van der Waals surface area contributed by atoms with Crippen LogP contribution in [0.25, 0.3) is 10.9 Å². The average molecular weight is 339 g/mol. The Morgan fingerprint density at radius 1 is 1.16 bits per heavy atom. The Balaban J connectivity index is 1.71. The molecule has 2 aliphatic heterocycles.